The number of hydrogen-bond acceptors (Lipinski definition) is 3. The van der Waals surface area contributed by atoms with Crippen molar-refractivity contribution in [1.29, 1.82) is 0 Å². The highest BCUT2D eigenvalue weighted by molar-refractivity contribution is 5.83. The fourth-order valence-corrected chi connectivity index (χ4v) is 1.86. The van der Waals surface area contributed by atoms with Crippen molar-refractivity contribution < 1.29 is 0 Å². The molecular weight excluding hydrogens is 150 g/mol. The van der Waals surface area contributed by atoms with E-state index in [1.165, 1.54) is 11.4 Å². The van der Waals surface area contributed by atoms with Gasteiger partial charge < -0.3 is 4.90 Å². The number of nitrogens with zero attached hydrogens (tertiary/aromatic N) is 3. The van der Waals surface area contributed by atoms with Gasteiger partial charge in [-0.25, -0.2) is 0 Å². The predicted octanol–water partition coefficient (Wildman–Crippen LogP) is 1.24. The van der Waals surface area contributed by atoms with Crippen LogP contribution in [0.2, 0.25) is 0 Å². The summed E-state index contributed by atoms with van der Waals surface area (Å²) in [5.41, 5.74) is 2.47. The van der Waals surface area contributed by atoms with E-state index in [-0.39, 0.29) is 0 Å². The van der Waals surface area contributed by atoms with Gasteiger partial charge in [-0.15, -0.1) is 0 Å². The van der Waals surface area contributed by atoms with Crippen LogP contribution >= 0.6 is 0 Å². The van der Waals surface area contributed by atoms with Crippen molar-refractivity contribution in [3.8, 4) is 0 Å². The molecule has 3 nitrogen and oxygen atoms in total. The Bertz CT molecular complexity index is 244. The topological polar surface area (TPSA) is 18.8 Å². The molecule has 3 heteroatoms. The molecule has 1 fully saturated rings. The minimum atomic E-state index is 0.450. The Balaban J connectivity index is 2.16. The molecular formula is C9H15N3. The van der Waals surface area contributed by atoms with E-state index in [4.69, 9.17) is 0 Å². The van der Waals surface area contributed by atoms with Crippen LogP contribution in [0.4, 0.5) is 0 Å². The lowest BCUT2D eigenvalue weighted by Crippen LogP contribution is -2.45. The average molecular weight is 165 g/mol. The highest BCUT2D eigenvalue weighted by Crippen LogP contribution is 2.26. The molecule has 0 bridgehead atoms. The zero-order valence-electron chi connectivity index (χ0n) is 7.75. The van der Waals surface area contributed by atoms with Crippen LogP contribution in [0.1, 0.15) is 19.8 Å². The van der Waals surface area contributed by atoms with Crippen molar-refractivity contribution in [2.75, 3.05) is 13.6 Å². The van der Waals surface area contributed by atoms with Gasteiger partial charge in [0.15, 0.2) is 0 Å². The van der Waals surface area contributed by atoms with Gasteiger partial charge in [0.05, 0.1) is 0 Å². The average Bonchev–Trinajstić information content (AvgIpc) is 2.39. The summed E-state index contributed by atoms with van der Waals surface area (Å²) in [4.78, 5) is 2.24. The van der Waals surface area contributed by atoms with Gasteiger partial charge in [0.1, 0.15) is 6.17 Å². The quantitative estimate of drug-likeness (QED) is 0.538. The summed E-state index contributed by atoms with van der Waals surface area (Å²) in [5, 5.41) is 6.63. The van der Waals surface area contributed by atoms with Gasteiger partial charge in [-0.3, -0.25) is 5.01 Å². The van der Waals surface area contributed by atoms with Gasteiger partial charge in [-0.05, 0) is 6.92 Å². The molecule has 0 spiro atoms. The van der Waals surface area contributed by atoms with Gasteiger partial charge in [0, 0.05) is 37.8 Å². The summed E-state index contributed by atoms with van der Waals surface area (Å²) in [5.74, 6) is 0. The molecule has 0 aliphatic carbocycles. The van der Waals surface area contributed by atoms with Crippen LogP contribution in [-0.4, -0.2) is 35.4 Å². The fraction of sp³-hybridized carbons (Fsp3) is 0.667. The first-order chi connectivity index (χ1) is 5.68. The van der Waals surface area contributed by atoms with Crippen molar-refractivity contribution in [2.45, 2.75) is 25.9 Å². The molecule has 0 amide bonds. The van der Waals surface area contributed by atoms with Crippen molar-refractivity contribution in [3.63, 3.8) is 0 Å². The second-order valence-corrected chi connectivity index (χ2v) is 3.61. The van der Waals surface area contributed by atoms with E-state index in [0.717, 1.165) is 19.4 Å². The molecule has 2 heterocycles. The van der Waals surface area contributed by atoms with E-state index in [9.17, 15) is 0 Å². The second-order valence-electron chi connectivity index (χ2n) is 3.61. The number of hydrogen-bond donors (Lipinski definition) is 0. The lowest BCUT2D eigenvalue weighted by Gasteiger charge is -2.39. The molecule has 2 rings (SSSR count). The molecule has 0 N–H and O–H groups in total. The van der Waals surface area contributed by atoms with Gasteiger partial charge in [0.25, 0.3) is 0 Å². The smallest absolute Gasteiger partial charge is 0.123 e. The van der Waals surface area contributed by atoms with Crippen molar-refractivity contribution in [3.05, 3.63) is 12.3 Å². The first kappa shape index (κ1) is 7.65. The standard InChI is InChI=1S/C9H15N3/c1-7-6-9-11(3)8(2)4-5-12(9)10-7/h9H,2,4-6H2,1,3H3. The summed E-state index contributed by atoms with van der Waals surface area (Å²) in [6.07, 6.45) is 2.56. The molecule has 0 aromatic heterocycles. The Morgan fingerprint density at radius 3 is 3.08 bits per heavy atom. The lowest BCUT2D eigenvalue weighted by molar-refractivity contribution is 0.0754. The van der Waals surface area contributed by atoms with E-state index >= 15 is 0 Å². The molecule has 0 saturated carbocycles. The van der Waals surface area contributed by atoms with Crippen LogP contribution in [0.3, 0.4) is 0 Å². The molecule has 2 aliphatic rings. The third-order valence-electron chi connectivity index (χ3n) is 2.70. The molecule has 1 atom stereocenters. The SMILES string of the molecule is C=C1CCN2N=C(C)CC2N1C. The zero-order valence-corrected chi connectivity index (χ0v) is 7.75. The summed E-state index contributed by atoms with van der Waals surface area (Å²) in [7, 11) is 2.10. The van der Waals surface area contributed by atoms with Crippen LogP contribution in [0.5, 0.6) is 0 Å². The normalized spacial score (nSPS) is 29.0. The Kier molecular flexibility index (Phi) is 1.60. The maximum Gasteiger partial charge on any atom is 0.123 e. The van der Waals surface area contributed by atoms with E-state index in [2.05, 4.69) is 35.6 Å². The fourth-order valence-electron chi connectivity index (χ4n) is 1.86. The summed E-state index contributed by atoms with van der Waals surface area (Å²) in [6, 6.07) is 0. The predicted molar refractivity (Wildman–Crippen MR) is 49.7 cm³/mol. The summed E-state index contributed by atoms with van der Waals surface area (Å²) < 4.78 is 0. The monoisotopic (exact) mass is 165 g/mol. The third-order valence-corrected chi connectivity index (χ3v) is 2.70. The molecule has 0 aromatic carbocycles. The van der Waals surface area contributed by atoms with Crippen molar-refractivity contribution in [2.24, 2.45) is 5.10 Å². The zero-order chi connectivity index (χ0) is 8.72. The minimum Gasteiger partial charge on any atom is -0.357 e. The van der Waals surface area contributed by atoms with Gasteiger partial charge >= 0.3 is 0 Å². The molecule has 66 valence electrons. The number of rotatable bonds is 0. The van der Waals surface area contributed by atoms with Gasteiger partial charge in [0.2, 0.25) is 0 Å². The number of fused-ring (bicyclic) bond motifs is 1. The van der Waals surface area contributed by atoms with E-state index in [1.807, 2.05) is 0 Å². The molecule has 0 aromatic rings. The van der Waals surface area contributed by atoms with Crippen LogP contribution in [-0.2, 0) is 0 Å². The van der Waals surface area contributed by atoms with Crippen LogP contribution < -0.4 is 0 Å². The highest BCUT2D eigenvalue weighted by atomic mass is 15.6. The van der Waals surface area contributed by atoms with Crippen molar-refractivity contribution in [1.82, 2.24) is 9.91 Å². The minimum absolute atomic E-state index is 0.450. The van der Waals surface area contributed by atoms with Gasteiger partial charge in [-0.2, -0.15) is 5.10 Å². The second kappa shape index (κ2) is 2.51. The lowest BCUT2D eigenvalue weighted by atomic mass is 10.1. The summed E-state index contributed by atoms with van der Waals surface area (Å²) >= 11 is 0. The van der Waals surface area contributed by atoms with Crippen LogP contribution in [0, 0.1) is 0 Å². The number of hydrazone groups is 1. The molecule has 12 heavy (non-hydrogen) atoms. The van der Waals surface area contributed by atoms with E-state index in [0.29, 0.717) is 6.17 Å². The third kappa shape index (κ3) is 1.00. The highest BCUT2D eigenvalue weighted by Gasteiger charge is 2.31. The van der Waals surface area contributed by atoms with Crippen molar-refractivity contribution >= 4 is 5.71 Å². The maximum absolute atomic E-state index is 4.46. The molecule has 1 saturated heterocycles. The Labute approximate surface area is 73.3 Å². The Hall–Kier alpha value is -0.990. The van der Waals surface area contributed by atoms with E-state index in [1.54, 1.807) is 0 Å². The molecule has 2 aliphatic heterocycles. The molecule has 1 unspecified atom stereocenters. The first-order valence-electron chi connectivity index (χ1n) is 4.40. The Morgan fingerprint density at radius 2 is 2.33 bits per heavy atom. The first-order valence-corrected chi connectivity index (χ1v) is 4.40. The largest absolute Gasteiger partial charge is 0.357 e. The van der Waals surface area contributed by atoms with Crippen LogP contribution in [0.15, 0.2) is 17.4 Å². The molecule has 0 radical (unpaired) electrons. The summed E-state index contributed by atoms with van der Waals surface area (Å²) in [6.45, 7) is 7.15. The van der Waals surface area contributed by atoms with Crippen LogP contribution in [0.25, 0.3) is 0 Å². The Morgan fingerprint density at radius 1 is 1.58 bits per heavy atom. The maximum atomic E-state index is 4.46. The van der Waals surface area contributed by atoms with Gasteiger partial charge in [-0.1, -0.05) is 6.58 Å². The van der Waals surface area contributed by atoms with E-state index < -0.39 is 0 Å².